The van der Waals surface area contributed by atoms with Crippen LogP contribution >= 0.6 is 0 Å². The second kappa shape index (κ2) is 6.10. The summed E-state index contributed by atoms with van der Waals surface area (Å²) in [6, 6.07) is 0. The van der Waals surface area contributed by atoms with Crippen molar-refractivity contribution >= 4 is 11.9 Å². The minimum Gasteiger partial charge on any atom is -0.481 e. The van der Waals surface area contributed by atoms with Gasteiger partial charge < -0.3 is 10.2 Å². The predicted molar refractivity (Wildman–Crippen MR) is 61.1 cm³/mol. The van der Waals surface area contributed by atoms with Crippen LogP contribution in [-0.4, -0.2) is 22.2 Å². The van der Waals surface area contributed by atoms with Crippen LogP contribution in [0.2, 0.25) is 0 Å². The molecule has 0 fully saturated rings. The molecule has 0 spiro atoms. The maximum Gasteiger partial charge on any atom is 0.311 e. The first-order valence-electron chi connectivity index (χ1n) is 5.01. The molecule has 0 heterocycles. The summed E-state index contributed by atoms with van der Waals surface area (Å²) in [5.41, 5.74) is 1.58. The summed E-state index contributed by atoms with van der Waals surface area (Å²) in [6.45, 7) is 6.99. The van der Waals surface area contributed by atoms with Gasteiger partial charge in [0.25, 0.3) is 0 Å². The molecule has 0 aliphatic rings. The number of hydrogen-bond donors (Lipinski definition) is 2. The zero-order chi connectivity index (χ0) is 12.9. The van der Waals surface area contributed by atoms with Crippen molar-refractivity contribution in [1.29, 1.82) is 0 Å². The normalized spacial score (nSPS) is 13.5. The third-order valence-electron chi connectivity index (χ3n) is 1.98. The van der Waals surface area contributed by atoms with Crippen molar-refractivity contribution < 1.29 is 19.8 Å². The molecular weight excluding hydrogens is 208 g/mol. The minimum absolute atomic E-state index is 0.792. The molecule has 0 aliphatic carbocycles. The van der Waals surface area contributed by atoms with E-state index in [0.29, 0.717) is 0 Å². The van der Waals surface area contributed by atoms with Gasteiger partial charge in [0.1, 0.15) is 0 Å². The first-order valence-corrected chi connectivity index (χ1v) is 5.01. The van der Waals surface area contributed by atoms with Crippen molar-refractivity contribution in [3.63, 3.8) is 0 Å². The molecule has 90 valence electrons. The van der Waals surface area contributed by atoms with Gasteiger partial charge in [0.2, 0.25) is 0 Å². The Hall–Kier alpha value is -1.58. The van der Waals surface area contributed by atoms with Crippen LogP contribution in [0, 0.1) is 11.8 Å². The van der Waals surface area contributed by atoms with Crippen molar-refractivity contribution in [3.8, 4) is 0 Å². The first kappa shape index (κ1) is 14.4. The Kier molecular flexibility index (Phi) is 5.50. The molecule has 0 rings (SSSR count). The SMILES string of the molecule is CC(C)=CC(C(=O)O)C(C=C(C)C)C(=O)O. The minimum atomic E-state index is -1.12. The van der Waals surface area contributed by atoms with Gasteiger partial charge in [-0.1, -0.05) is 23.3 Å². The highest BCUT2D eigenvalue weighted by molar-refractivity contribution is 5.83. The van der Waals surface area contributed by atoms with E-state index in [9.17, 15) is 9.59 Å². The third-order valence-corrected chi connectivity index (χ3v) is 1.98. The van der Waals surface area contributed by atoms with Crippen LogP contribution in [0.25, 0.3) is 0 Å². The van der Waals surface area contributed by atoms with Crippen LogP contribution in [0.4, 0.5) is 0 Å². The molecule has 2 atom stereocenters. The molecule has 0 bridgehead atoms. The van der Waals surface area contributed by atoms with Gasteiger partial charge >= 0.3 is 11.9 Å². The fraction of sp³-hybridized carbons (Fsp3) is 0.500. The quantitative estimate of drug-likeness (QED) is 0.705. The average molecular weight is 226 g/mol. The number of allylic oxidation sites excluding steroid dienone is 2. The number of carboxylic acids is 2. The van der Waals surface area contributed by atoms with Gasteiger partial charge in [-0.05, 0) is 27.7 Å². The van der Waals surface area contributed by atoms with Gasteiger partial charge in [-0.2, -0.15) is 0 Å². The summed E-state index contributed by atoms with van der Waals surface area (Å²) in [7, 11) is 0. The lowest BCUT2D eigenvalue weighted by atomic mass is 9.89. The summed E-state index contributed by atoms with van der Waals surface area (Å²) in [5, 5.41) is 18.0. The Morgan fingerprint density at radius 2 is 1.06 bits per heavy atom. The van der Waals surface area contributed by atoms with E-state index in [0.717, 1.165) is 11.1 Å². The average Bonchev–Trinajstić information content (AvgIpc) is 2.09. The molecule has 0 amide bonds. The van der Waals surface area contributed by atoms with Crippen LogP contribution < -0.4 is 0 Å². The summed E-state index contributed by atoms with van der Waals surface area (Å²) in [6.07, 6.45) is 2.95. The van der Waals surface area contributed by atoms with Gasteiger partial charge in [0.15, 0.2) is 0 Å². The molecule has 0 saturated heterocycles. The van der Waals surface area contributed by atoms with Crippen LogP contribution in [0.3, 0.4) is 0 Å². The zero-order valence-corrected chi connectivity index (χ0v) is 10.0. The van der Waals surface area contributed by atoms with Gasteiger partial charge in [0.05, 0.1) is 11.8 Å². The van der Waals surface area contributed by atoms with E-state index in [1.54, 1.807) is 27.7 Å². The van der Waals surface area contributed by atoms with Crippen molar-refractivity contribution in [2.75, 3.05) is 0 Å². The fourth-order valence-corrected chi connectivity index (χ4v) is 1.38. The van der Waals surface area contributed by atoms with Crippen LogP contribution in [0.15, 0.2) is 23.3 Å². The van der Waals surface area contributed by atoms with E-state index in [4.69, 9.17) is 10.2 Å². The van der Waals surface area contributed by atoms with E-state index in [-0.39, 0.29) is 0 Å². The number of carboxylic acid groups (broad SMARTS) is 2. The Bertz CT molecular complexity index is 297. The Morgan fingerprint density at radius 1 is 0.812 bits per heavy atom. The smallest absolute Gasteiger partial charge is 0.311 e. The predicted octanol–water partition coefficient (Wildman–Crippen LogP) is 2.32. The zero-order valence-electron chi connectivity index (χ0n) is 10.0. The van der Waals surface area contributed by atoms with Gasteiger partial charge in [-0.3, -0.25) is 9.59 Å². The van der Waals surface area contributed by atoms with Gasteiger partial charge in [-0.25, -0.2) is 0 Å². The lowest BCUT2D eigenvalue weighted by molar-refractivity contribution is -0.149. The summed E-state index contributed by atoms with van der Waals surface area (Å²) in [4.78, 5) is 22.1. The van der Waals surface area contributed by atoms with Crippen LogP contribution in [-0.2, 0) is 9.59 Å². The fourth-order valence-electron chi connectivity index (χ4n) is 1.38. The molecule has 4 nitrogen and oxygen atoms in total. The standard InChI is InChI=1S/C12H18O4/c1-7(2)5-9(11(13)14)10(12(15)16)6-8(3)4/h5-6,9-10H,1-4H3,(H,13,14)(H,15,16). The molecule has 0 saturated carbocycles. The lowest BCUT2D eigenvalue weighted by Gasteiger charge is -2.15. The summed E-state index contributed by atoms with van der Waals surface area (Å²) >= 11 is 0. The van der Waals surface area contributed by atoms with Crippen molar-refractivity contribution in [3.05, 3.63) is 23.3 Å². The van der Waals surface area contributed by atoms with Crippen molar-refractivity contribution in [2.24, 2.45) is 11.8 Å². The van der Waals surface area contributed by atoms with E-state index in [1.165, 1.54) is 12.2 Å². The summed E-state index contributed by atoms with van der Waals surface area (Å²) in [5.74, 6) is -4.27. The van der Waals surface area contributed by atoms with E-state index in [2.05, 4.69) is 0 Å². The van der Waals surface area contributed by atoms with Crippen molar-refractivity contribution in [1.82, 2.24) is 0 Å². The van der Waals surface area contributed by atoms with E-state index < -0.39 is 23.8 Å². The molecule has 2 unspecified atom stereocenters. The van der Waals surface area contributed by atoms with Gasteiger partial charge in [0, 0.05) is 0 Å². The number of hydrogen-bond acceptors (Lipinski definition) is 2. The maximum absolute atomic E-state index is 11.0. The molecule has 0 aromatic carbocycles. The first-order chi connectivity index (χ1) is 7.25. The van der Waals surface area contributed by atoms with Crippen LogP contribution in [0.1, 0.15) is 27.7 Å². The number of carbonyl (C=O) groups is 2. The summed E-state index contributed by atoms with van der Waals surface area (Å²) < 4.78 is 0. The lowest BCUT2D eigenvalue weighted by Crippen LogP contribution is -2.27. The molecule has 0 aromatic rings. The Morgan fingerprint density at radius 3 is 1.19 bits per heavy atom. The Labute approximate surface area is 95.3 Å². The molecule has 0 aliphatic heterocycles. The molecule has 16 heavy (non-hydrogen) atoms. The molecule has 2 N–H and O–H groups in total. The molecular formula is C12H18O4. The molecule has 0 radical (unpaired) electrons. The highest BCUT2D eigenvalue weighted by Crippen LogP contribution is 2.19. The van der Waals surface area contributed by atoms with E-state index in [1.807, 2.05) is 0 Å². The molecule has 4 heteroatoms. The number of aliphatic carboxylic acids is 2. The third kappa shape index (κ3) is 4.77. The van der Waals surface area contributed by atoms with Gasteiger partial charge in [-0.15, -0.1) is 0 Å². The Balaban J connectivity index is 5.28. The monoisotopic (exact) mass is 226 g/mol. The topological polar surface area (TPSA) is 74.6 Å². The molecule has 0 aromatic heterocycles. The number of rotatable bonds is 5. The second-order valence-corrected chi connectivity index (χ2v) is 4.22. The van der Waals surface area contributed by atoms with E-state index >= 15 is 0 Å². The highest BCUT2D eigenvalue weighted by atomic mass is 16.4. The van der Waals surface area contributed by atoms with Crippen LogP contribution in [0.5, 0.6) is 0 Å². The highest BCUT2D eigenvalue weighted by Gasteiger charge is 2.30. The van der Waals surface area contributed by atoms with Crippen molar-refractivity contribution in [2.45, 2.75) is 27.7 Å². The second-order valence-electron chi connectivity index (χ2n) is 4.22. The maximum atomic E-state index is 11.0. The largest absolute Gasteiger partial charge is 0.481 e.